The Hall–Kier alpha value is -1.80. The van der Waals surface area contributed by atoms with E-state index in [0.29, 0.717) is 5.92 Å². The van der Waals surface area contributed by atoms with Gasteiger partial charge < -0.3 is 10.1 Å². The standard InChI is InChI=1S/C18H23NO/c1-13(2)15(12-19-3)11-17-16-8-6-5-7-14(16)9-10-18(17)20-4/h5-11,13,19H,12H2,1-4H3. The first-order valence-electron chi connectivity index (χ1n) is 7.08. The summed E-state index contributed by atoms with van der Waals surface area (Å²) in [7, 11) is 3.71. The van der Waals surface area contributed by atoms with Crippen molar-refractivity contribution in [2.24, 2.45) is 5.92 Å². The van der Waals surface area contributed by atoms with Crippen molar-refractivity contribution < 1.29 is 4.74 Å². The van der Waals surface area contributed by atoms with Gasteiger partial charge in [0.05, 0.1) is 7.11 Å². The first-order valence-corrected chi connectivity index (χ1v) is 7.08. The summed E-state index contributed by atoms with van der Waals surface area (Å²) in [5.74, 6) is 1.43. The molecular formula is C18H23NO. The fraction of sp³-hybridized carbons (Fsp3) is 0.333. The first kappa shape index (κ1) is 14.6. The quantitative estimate of drug-likeness (QED) is 0.882. The van der Waals surface area contributed by atoms with Gasteiger partial charge in [-0.05, 0) is 35.9 Å². The van der Waals surface area contributed by atoms with Crippen LogP contribution in [0.3, 0.4) is 0 Å². The first-order chi connectivity index (χ1) is 9.67. The van der Waals surface area contributed by atoms with Crippen LogP contribution >= 0.6 is 0 Å². The summed E-state index contributed by atoms with van der Waals surface area (Å²) in [5.41, 5.74) is 2.55. The van der Waals surface area contributed by atoms with E-state index in [1.165, 1.54) is 21.9 Å². The Bertz CT molecular complexity index is 614. The number of rotatable bonds is 5. The summed E-state index contributed by atoms with van der Waals surface area (Å²) >= 11 is 0. The average Bonchev–Trinajstić information content (AvgIpc) is 2.46. The predicted octanol–water partition coefficient (Wildman–Crippen LogP) is 4.11. The summed E-state index contributed by atoms with van der Waals surface area (Å²) in [6.07, 6.45) is 2.27. The monoisotopic (exact) mass is 269 g/mol. The van der Waals surface area contributed by atoms with Gasteiger partial charge in [-0.25, -0.2) is 0 Å². The van der Waals surface area contributed by atoms with Crippen LogP contribution in [0.5, 0.6) is 5.75 Å². The van der Waals surface area contributed by atoms with Crippen molar-refractivity contribution in [1.29, 1.82) is 0 Å². The molecule has 0 aliphatic heterocycles. The zero-order valence-electron chi connectivity index (χ0n) is 12.7. The number of likely N-dealkylation sites (N-methyl/N-ethyl adjacent to an activating group) is 1. The van der Waals surface area contributed by atoms with Crippen LogP contribution in [0.25, 0.3) is 16.8 Å². The maximum atomic E-state index is 5.55. The number of hydrogen-bond acceptors (Lipinski definition) is 2. The predicted molar refractivity (Wildman–Crippen MR) is 87.2 cm³/mol. The number of methoxy groups -OCH3 is 1. The molecule has 0 amide bonds. The smallest absolute Gasteiger partial charge is 0.126 e. The highest BCUT2D eigenvalue weighted by Gasteiger charge is 2.09. The van der Waals surface area contributed by atoms with E-state index < -0.39 is 0 Å². The molecule has 0 aliphatic rings. The van der Waals surface area contributed by atoms with E-state index in [4.69, 9.17) is 4.74 Å². The lowest BCUT2D eigenvalue weighted by atomic mass is 9.96. The van der Waals surface area contributed by atoms with Crippen LogP contribution < -0.4 is 10.1 Å². The number of nitrogens with one attached hydrogen (secondary N) is 1. The molecule has 0 heterocycles. The van der Waals surface area contributed by atoms with Crippen LogP contribution in [0.1, 0.15) is 19.4 Å². The largest absolute Gasteiger partial charge is 0.496 e. The van der Waals surface area contributed by atoms with Gasteiger partial charge in [-0.3, -0.25) is 0 Å². The van der Waals surface area contributed by atoms with Crippen LogP contribution in [0.2, 0.25) is 0 Å². The van der Waals surface area contributed by atoms with Gasteiger partial charge in [0, 0.05) is 12.1 Å². The molecule has 0 aromatic heterocycles. The van der Waals surface area contributed by atoms with Crippen molar-refractivity contribution in [3.8, 4) is 5.75 Å². The van der Waals surface area contributed by atoms with Gasteiger partial charge in [0.25, 0.3) is 0 Å². The normalized spacial score (nSPS) is 12.2. The molecule has 2 nitrogen and oxygen atoms in total. The molecule has 1 N–H and O–H groups in total. The lowest BCUT2D eigenvalue weighted by Crippen LogP contribution is -2.14. The molecule has 106 valence electrons. The minimum Gasteiger partial charge on any atom is -0.496 e. The minimum atomic E-state index is 0.506. The molecule has 0 atom stereocenters. The summed E-state index contributed by atoms with van der Waals surface area (Å²) in [4.78, 5) is 0. The molecule has 0 unspecified atom stereocenters. The second kappa shape index (κ2) is 6.58. The van der Waals surface area contributed by atoms with Crippen molar-refractivity contribution in [3.63, 3.8) is 0 Å². The van der Waals surface area contributed by atoms with E-state index in [9.17, 15) is 0 Å². The lowest BCUT2D eigenvalue weighted by molar-refractivity contribution is 0.414. The maximum absolute atomic E-state index is 5.55. The Kier molecular flexibility index (Phi) is 4.80. The van der Waals surface area contributed by atoms with E-state index in [-0.39, 0.29) is 0 Å². The third-order valence-corrected chi connectivity index (χ3v) is 3.60. The average molecular weight is 269 g/mol. The van der Waals surface area contributed by atoms with Gasteiger partial charge in [-0.1, -0.05) is 49.8 Å². The van der Waals surface area contributed by atoms with Crippen molar-refractivity contribution in [3.05, 3.63) is 47.5 Å². The Morgan fingerprint density at radius 3 is 2.60 bits per heavy atom. The van der Waals surface area contributed by atoms with Crippen molar-refractivity contribution in [2.45, 2.75) is 13.8 Å². The van der Waals surface area contributed by atoms with E-state index in [2.05, 4.69) is 55.6 Å². The van der Waals surface area contributed by atoms with Crippen LogP contribution in [-0.4, -0.2) is 20.7 Å². The Morgan fingerprint density at radius 1 is 1.20 bits per heavy atom. The summed E-state index contributed by atoms with van der Waals surface area (Å²) in [6, 6.07) is 12.6. The number of fused-ring (bicyclic) bond motifs is 1. The maximum Gasteiger partial charge on any atom is 0.126 e. The summed E-state index contributed by atoms with van der Waals surface area (Å²) in [6.45, 7) is 5.34. The van der Waals surface area contributed by atoms with Gasteiger partial charge >= 0.3 is 0 Å². The molecule has 0 saturated carbocycles. The zero-order valence-corrected chi connectivity index (χ0v) is 12.7. The van der Waals surface area contributed by atoms with Crippen LogP contribution in [0.15, 0.2) is 42.0 Å². The molecule has 20 heavy (non-hydrogen) atoms. The molecule has 0 aliphatic carbocycles. The molecule has 0 spiro atoms. The highest BCUT2D eigenvalue weighted by atomic mass is 16.5. The van der Waals surface area contributed by atoms with E-state index in [1.807, 2.05) is 13.1 Å². The topological polar surface area (TPSA) is 21.3 Å². The lowest BCUT2D eigenvalue weighted by Gasteiger charge is -2.14. The second-order valence-electron chi connectivity index (χ2n) is 5.31. The fourth-order valence-corrected chi connectivity index (χ4v) is 2.41. The second-order valence-corrected chi connectivity index (χ2v) is 5.31. The molecule has 2 heteroatoms. The zero-order chi connectivity index (χ0) is 14.5. The molecule has 0 saturated heterocycles. The fourth-order valence-electron chi connectivity index (χ4n) is 2.41. The third-order valence-electron chi connectivity index (χ3n) is 3.60. The highest BCUT2D eigenvalue weighted by molar-refractivity contribution is 5.93. The summed E-state index contributed by atoms with van der Waals surface area (Å²) in [5, 5.41) is 5.73. The third kappa shape index (κ3) is 3.02. The molecular weight excluding hydrogens is 246 g/mol. The number of hydrogen-bond donors (Lipinski definition) is 1. The Labute approximate surface area is 121 Å². The van der Waals surface area contributed by atoms with Crippen LogP contribution in [0, 0.1) is 5.92 Å². The highest BCUT2D eigenvalue weighted by Crippen LogP contribution is 2.30. The van der Waals surface area contributed by atoms with Crippen LogP contribution in [-0.2, 0) is 0 Å². The van der Waals surface area contributed by atoms with Crippen molar-refractivity contribution in [2.75, 3.05) is 20.7 Å². The summed E-state index contributed by atoms with van der Waals surface area (Å²) < 4.78 is 5.55. The molecule has 2 rings (SSSR count). The van der Waals surface area contributed by atoms with Gasteiger partial charge in [-0.15, -0.1) is 0 Å². The van der Waals surface area contributed by atoms with E-state index >= 15 is 0 Å². The van der Waals surface area contributed by atoms with Gasteiger partial charge in [0.15, 0.2) is 0 Å². The minimum absolute atomic E-state index is 0.506. The molecule has 0 bridgehead atoms. The van der Waals surface area contributed by atoms with E-state index in [1.54, 1.807) is 7.11 Å². The van der Waals surface area contributed by atoms with Gasteiger partial charge in [-0.2, -0.15) is 0 Å². The molecule has 0 fully saturated rings. The molecule has 0 radical (unpaired) electrons. The van der Waals surface area contributed by atoms with Gasteiger partial charge in [0.2, 0.25) is 0 Å². The Morgan fingerprint density at radius 2 is 1.95 bits per heavy atom. The van der Waals surface area contributed by atoms with Gasteiger partial charge in [0.1, 0.15) is 5.75 Å². The molecule has 2 aromatic carbocycles. The van der Waals surface area contributed by atoms with E-state index in [0.717, 1.165) is 12.3 Å². The molecule has 2 aromatic rings. The van der Waals surface area contributed by atoms with Crippen molar-refractivity contribution in [1.82, 2.24) is 5.32 Å². The van der Waals surface area contributed by atoms with Crippen molar-refractivity contribution >= 4 is 16.8 Å². The van der Waals surface area contributed by atoms with Crippen LogP contribution in [0.4, 0.5) is 0 Å². The SMILES string of the molecule is CNCC(=Cc1c(OC)ccc2ccccc12)C(C)C. The number of benzene rings is 2. The number of ether oxygens (including phenoxy) is 1. The Balaban J connectivity index is 2.64.